The Bertz CT molecular complexity index is 2560. The lowest BCUT2D eigenvalue weighted by molar-refractivity contribution is -0.145. The maximum absolute atomic E-state index is 14.4. The summed E-state index contributed by atoms with van der Waals surface area (Å²) in [6.07, 6.45) is 0.0297. The van der Waals surface area contributed by atoms with E-state index in [1.165, 1.54) is 41.0 Å². The molecule has 10 atom stereocenters. The molecule has 1 aromatic carbocycles. The van der Waals surface area contributed by atoms with Crippen LogP contribution in [0.3, 0.4) is 0 Å². The van der Waals surface area contributed by atoms with Crippen LogP contribution in [0.2, 0.25) is 0 Å². The molecule has 28 heteroatoms. The Hall–Kier alpha value is -7.98. The molecule has 28 nitrogen and oxygen atoms in total. The molecule has 0 radical (unpaired) electrons. The van der Waals surface area contributed by atoms with Crippen molar-refractivity contribution in [3.8, 4) is 5.75 Å². The van der Waals surface area contributed by atoms with E-state index in [0.717, 1.165) is 56.2 Å². The Morgan fingerprint density at radius 3 is 1.85 bits per heavy atom. The molecule has 2 rings (SSSR count). The van der Waals surface area contributed by atoms with Gasteiger partial charge in [0.25, 0.3) is 17.7 Å². The Kier molecular flexibility index (Phi) is 31.5. The summed E-state index contributed by atoms with van der Waals surface area (Å²) < 4.78 is 5.25. The number of nitrogens with zero attached hydrogens (tertiary/aromatic N) is 2. The highest BCUT2D eigenvalue weighted by Gasteiger charge is 2.39. The van der Waals surface area contributed by atoms with Gasteiger partial charge < -0.3 is 83.9 Å². The van der Waals surface area contributed by atoms with E-state index in [9.17, 15) is 72.9 Å². The lowest BCUT2D eigenvalue weighted by Crippen LogP contribution is -2.61. The molecule has 0 saturated carbocycles. The van der Waals surface area contributed by atoms with E-state index in [4.69, 9.17) is 16.2 Å². The number of aliphatic hydroxyl groups is 3. The molecule has 0 unspecified atom stereocenters. The minimum absolute atomic E-state index is 0.102. The van der Waals surface area contributed by atoms with E-state index < -0.39 is 175 Å². The average molecular weight is 1200 g/mol. The van der Waals surface area contributed by atoms with Crippen LogP contribution in [0.1, 0.15) is 131 Å². The SMILES string of the molecule is C/C=C1/NC(=O)[C@H](O)[C@@H](C[C@@H](O)CCCCCCC)NC(=O)[C@H](C)NC(=O)CN(C)C(=O)[C@H](CCC(N)=O)NC(=O)/C(=C\C)NC(=O)[C@H](CC(N)=O)N(C)C(=O)[C@H]([C@@H](C)O)NC(=O)[C@H](CCCc2ccc(OC)cc2)NC(=O)[C@H](C(C)C)NC1=O. The Labute approximate surface area is 496 Å². The molecule has 1 heterocycles. The molecule has 0 bridgehead atoms. The molecule has 1 aromatic rings. The zero-order valence-electron chi connectivity index (χ0n) is 50.4. The van der Waals surface area contributed by atoms with Gasteiger partial charge in [-0.25, -0.2) is 0 Å². The molecule has 0 aromatic heterocycles. The molecule has 1 aliphatic rings. The zero-order chi connectivity index (χ0) is 64.2. The number of hydrogen-bond acceptors (Lipinski definition) is 16. The molecular formula is C57H90N12O16. The molecule has 1 saturated heterocycles. The summed E-state index contributed by atoms with van der Waals surface area (Å²) in [6, 6.07) is -4.14. The number of rotatable bonds is 20. The monoisotopic (exact) mass is 1200 g/mol. The quantitative estimate of drug-likeness (QED) is 0.0493. The maximum Gasteiger partial charge on any atom is 0.268 e. The predicted molar refractivity (Wildman–Crippen MR) is 310 cm³/mol. The van der Waals surface area contributed by atoms with Crippen molar-refractivity contribution in [1.29, 1.82) is 0 Å². The number of carbonyl (C=O) groups is 12. The number of aliphatic hydroxyl groups excluding tert-OH is 3. The Balaban J connectivity index is 2.80. The van der Waals surface area contributed by atoms with Gasteiger partial charge in [-0.2, -0.15) is 0 Å². The first-order valence-electron chi connectivity index (χ1n) is 28.5. The third-order valence-corrected chi connectivity index (χ3v) is 14.1. The van der Waals surface area contributed by atoms with Gasteiger partial charge in [-0.15, -0.1) is 0 Å². The lowest BCUT2D eigenvalue weighted by atomic mass is 9.98. The van der Waals surface area contributed by atoms with Gasteiger partial charge in [-0.1, -0.05) is 77.2 Å². The number of allylic oxidation sites excluding steroid dienone is 2. The number of hydrogen-bond donors (Lipinski definition) is 13. The van der Waals surface area contributed by atoms with Crippen molar-refractivity contribution in [3.05, 3.63) is 53.4 Å². The smallest absolute Gasteiger partial charge is 0.268 e. The highest BCUT2D eigenvalue weighted by atomic mass is 16.5. The molecule has 1 aliphatic heterocycles. The number of nitrogens with two attached hydrogens (primary N) is 2. The number of methoxy groups -OCH3 is 1. The molecule has 15 N–H and O–H groups in total. The van der Waals surface area contributed by atoms with Crippen LogP contribution in [0.5, 0.6) is 5.75 Å². The Morgan fingerprint density at radius 1 is 0.694 bits per heavy atom. The molecule has 12 amide bonds. The number of aryl methyl sites for hydroxylation is 1. The fourth-order valence-corrected chi connectivity index (χ4v) is 8.98. The summed E-state index contributed by atoms with van der Waals surface area (Å²) in [6.45, 7) is 9.51. The van der Waals surface area contributed by atoms with E-state index in [2.05, 4.69) is 42.5 Å². The first-order chi connectivity index (χ1) is 40.0. The van der Waals surface area contributed by atoms with Gasteiger partial charge in [0, 0.05) is 20.5 Å². The summed E-state index contributed by atoms with van der Waals surface area (Å²) in [7, 11) is 3.72. The second kappa shape index (κ2) is 36.7. The third kappa shape index (κ3) is 24.6. The van der Waals surface area contributed by atoms with Gasteiger partial charge in [-0.05, 0) is 89.8 Å². The van der Waals surface area contributed by atoms with Gasteiger partial charge in [0.1, 0.15) is 53.4 Å². The molecule has 0 spiro atoms. The molecule has 0 aliphatic carbocycles. The average Bonchev–Trinajstić information content (AvgIpc) is 3.66. The van der Waals surface area contributed by atoms with Crippen molar-refractivity contribution >= 4 is 70.9 Å². The first-order valence-corrected chi connectivity index (χ1v) is 28.5. The van der Waals surface area contributed by atoms with Crippen LogP contribution in [0.15, 0.2) is 47.8 Å². The zero-order valence-corrected chi connectivity index (χ0v) is 50.4. The number of unbranched alkanes of at least 4 members (excludes halogenated alkanes) is 4. The highest BCUT2D eigenvalue weighted by molar-refractivity contribution is 6.04. The van der Waals surface area contributed by atoms with Crippen molar-refractivity contribution in [1.82, 2.24) is 52.3 Å². The van der Waals surface area contributed by atoms with E-state index in [1.54, 1.807) is 38.1 Å². The second-order valence-electron chi connectivity index (χ2n) is 21.4. The topological polar surface area (TPSA) is 430 Å². The minimum Gasteiger partial charge on any atom is -0.497 e. The number of carbonyl (C=O) groups excluding carboxylic acids is 12. The standard InChI is InChI=1S/C57H90N12O16/c1-11-14-15-16-17-20-35(71)28-41-48(75)55(82)62-38(13-3)51(78)66-46(31(4)5)54(81)63-39(21-18-19-34-22-24-36(85-10)25-23-34)52(79)67-47(33(7)70)57(84)69(9)42(29-44(59)73)53(80)61-37(12-2)50(77)64-40(26-27-43(58)72)56(83)68(8)30-45(74)60-32(6)49(76)65-41/h12-13,22-25,31-33,35,39-42,46-48,70-71,75H,11,14-21,26-30H2,1-10H3,(H2,58,72)(H2,59,73)(H,60,74)(H,61,80)(H,62,82)(H,63,81)(H,64,77)(H,65,76)(H,66,78)(H,67,79)/b37-12+,38-13+/t32-,33+,35-,39-,40-,41+,42-,46-,47-,48+/m0/s1. The van der Waals surface area contributed by atoms with Crippen LogP contribution in [0, 0.1) is 5.92 Å². The molecule has 1 fully saturated rings. The van der Waals surface area contributed by atoms with E-state index in [0.29, 0.717) is 23.5 Å². The number of nitrogens with one attached hydrogen (secondary N) is 8. The summed E-state index contributed by atoms with van der Waals surface area (Å²) in [5.74, 6) is -12.6. The summed E-state index contributed by atoms with van der Waals surface area (Å²) in [5, 5.41) is 53.3. The van der Waals surface area contributed by atoms with Crippen molar-refractivity contribution in [2.24, 2.45) is 17.4 Å². The lowest BCUT2D eigenvalue weighted by Gasteiger charge is -2.32. The van der Waals surface area contributed by atoms with Crippen LogP contribution in [-0.4, -0.2) is 184 Å². The van der Waals surface area contributed by atoms with Crippen molar-refractivity contribution in [3.63, 3.8) is 0 Å². The largest absolute Gasteiger partial charge is 0.497 e. The summed E-state index contributed by atoms with van der Waals surface area (Å²) in [4.78, 5) is 166. The van der Waals surface area contributed by atoms with Crippen molar-refractivity contribution < 1.29 is 77.6 Å². The van der Waals surface area contributed by atoms with Crippen LogP contribution in [0.4, 0.5) is 0 Å². The van der Waals surface area contributed by atoms with Gasteiger partial charge >= 0.3 is 0 Å². The van der Waals surface area contributed by atoms with E-state index in [-0.39, 0.29) is 25.7 Å². The Morgan fingerprint density at radius 2 is 1.29 bits per heavy atom. The molecule has 85 heavy (non-hydrogen) atoms. The minimum atomic E-state index is -2.14. The van der Waals surface area contributed by atoms with Crippen molar-refractivity contribution in [2.75, 3.05) is 27.7 Å². The molecular weight excluding hydrogens is 1110 g/mol. The van der Waals surface area contributed by atoms with Gasteiger partial charge in [0.2, 0.25) is 53.2 Å². The number of amides is 12. The van der Waals surface area contributed by atoms with Crippen LogP contribution < -0.4 is 58.7 Å². The molecule has 474 valence electrons. The van der Waals surface area contributed by atoms with Gasteiger partial charge in [0.05, 0.1) is 38.3 Å². The predicted octanol–water partition coefficient (Wildman–Crippen LogP) is -2.06. The van der Waals surface area contributed by atoms with Crippen LogP contribution >= 0.6 is 0 Å². The summed E-state index contributed by atoms with van der Waals surface area (Å²) in [5.41, 5.74) is 10.7. The van der Waals surface area contributed by atoms with Gasteiger partial charge in [-0.3, -0.25) is 57.5 Å². The fourth-order valence-electron chi connectivity index (χ4n) is 8.98. The normalized spacial score (nSPS) is 24.6. The number of benzene rings is 1. The number of primary amides is 2. The number of ether oxygens (including phenoxy) is 1. The van der Waals surface area contributed by atoms with Gasteiger partial charge in [0.15, 0.2) is 6.10 Å². The highest BCUT2D eigenvalue weighted by Crippen LogP contribution is 2.18. The van der Waals surface area contributed by atoms with E-state index >= 15 is 0 Å². The van der Waals surface area contributed by atoms with E-state index in [1.807, 2.05) is 6.92 Å². The first kappa shape index (κ1) is 73.1. The van der Waals surface area contributed by atoms with Crippen molar-refractivity contribution in [2.45, 2.75) is 193 Å². The van der Waals surface area contributed by atoms with Crippen LogP contribution in [-0.2, 0) is 64.0 Å². The summed E-state index contributed by atoms with van der Waals surface area (Å²) >= 11 is 0. The maximum atomic E-state index is 14.4. The number of likely N-dealkylation sites (N-methyl/N-ethyl adjacent to an activating group) is 2. The fraction of sp³-hybridized carbons (Fsp3) is 0.614. The van der Waals surface area contributed by atoms with Crippen LogP contribution in [0.25, 0.3) is 0 Å². The third-order valence-electron chi connectivity index (χ3n) is 14.1. The second-order valence-corrected chi connectivity index (χ2v) is 21.4.